The minimum atomic E-state index is -3.88. The second-order valence-corrected chi connectivity index (χ2v) is 7.83. The second-order valence-electron chi connectivity index (χ2n) is 6.21. The summed E-state index contributed by atoms with van der Waals surface area (Å²) in [6.45, 7) is 0.616. The average molecular weight is 391 g/mol. The molecule has 27 heavy (non-hydrogen) atoms. The number of carbonyl (C=O) groups is 1. The third-order valence-electron chi connectivity index (χ3n) is 4.16. The van der Waals surface area contributed by atoms with Gasteiger partial charge in [0.05, 0.1) is 25.9 Å². The van der Waals surface area contributed by atoms with Gasteiger partial charge in [0.25, 0.3) is 0 Å². The Morgan fingerprint density at radius 2 is 1.52 bits per heavy atom. The van der Waals surface area contributed by atoms with Crippen molar-refractivity contribution in [1.82, 2.24) is 4.90 Å². The predicted molar refractivity (Wildman–Crippen MR) is 99.2 cm³/mol. The summed E-state index contributed by atoms with van der Waals surface area (Å²) < 4.78 is 29.9. The van der Waals surface area contributed by atoms with Crippen LogP contribution >= 0.6 is 7.82 Å². The number of amides is 1. The molecule has 1 atom stereocenters. The number of phosphoric acid groups is 1. The van der Waals surface area contributed by atoms with Crippen molar-refractivity contribution in [3.63, 3.8) is 0 Å². The largest absolute Gasteiger partial charge is 0.475 e. The van der Waals surface area contributed by atoms with E-state index in [0.717, 1.165) is 11.1 Å². The zero-order valence-corrected chi connectivity index (χ0v) is 15.7. The highest BCUT2D eigenvalue weighted by molar-refractivity contribution is 7.48. The predicted octanol–water partition coefficient (Wildman–Crippen LogP) is 4.30. The van der Waals surface area contributed by atoms with Crippen LogP contribution in [0.5, 0.6) is 0 Å². The van der Waals surface area contributed by atoms with E-state index in [4.69, 9.17) is 18.7 Å². The van der Waals surface area contributed by atoms with Crippen molar-refractivity contribution < 1.29 is 28.0 Å². The molecule has 3 rings (SSSR count). The summed E-state index contributed by atoms with van der Waals surface area (Å²) in [5.41, 5.74) is 1.67. The molecule has 2 aromatic rings. The molecular formula is C19H22NO6P. The first kappa shape index (κ1) is 19.6. The third-order valence-corrected chi connectivity index (χ3v) is 5.61. The molecule has 0 saturated carbocycles. The molecule has 0 aromatic heterocycles. The molecule has 0 unspecified atom stereocenters. The molecule has 1 saturated heterocycles. The van der Waals surface area contributed by atoms with Crippen molar-refractivity contribution in [1.29, 1.82) is 0 Å². The summed E-state index contributed by atoms with van der Waals surface area (Å²) in [6.07, 6.45) is -1.11. The summed E-state index contributed by atoms with van der Waals surface area (Å²) in [5.74, 6) is 0. The van der Waals surface area contributed by atoms with E-state index in [9.17, 15) is 9.36 Å². The summed E-state index contributed by atoms with van der Waals surface area (Å²) in [7, 11) is -3.88. The lowest BCUT2D eigenvalue weighted by Crippen LogP contribution is -2.28. The average Bonchev–Trinajstić information content (AvgIpc) is 3.15. The number of phosphoric ester groups is 1. The van der Waals surface area contributed by atoms with Gasteiger partial charge in [-0.25, -0.2) is 9.36 Å². The lowest BCUT2D eigenvalue weighted by molar-refractivity contribution is 0.0715. The number of hydrogen-bond acceptors (Lipinski definition) is 5. The summed E-state index contributed by atoms with van der Waals surface area (Å²) in [4.78, 5) is 12.3. The molecule has 144 valence electrons. The van der Waals surface area contributed by atoms with Gasteiger partial charge in [-0.15, -0.1) is 0 Å². The van der Waals surface area contributed by atoms with E-state index in [-0.39, 0.29) is 19.8 Å². The van der Waals surface area contributed by atoms with Crippen LogP contribution in [0.2, 0.25) is 0 Å². The van der Waals surface area contributed by atoms with Crippen molar-refractivity contribution in [3.8, 4) is 0 Å². The first-order chi connectivity index (χ1) is 13.0. The molecule has 0 aliphatic carbocycles. The van der Waals surface area contributed by atoms with E-state index in [2.05, 4.69) is 0 Å². The molecule has 1 amide bonds. The van der Waals surface area contributed by atoms with Crippen molar-refractivity contribution in [2.75, 3.05) is 13.1 Å². The van der Waals surface area contributed by atoms with Crippen molar-refractivity contribution in [2.45, 2.75) is 25.7 Å². The second kappa shape index (κ2) is 9.15. The molecule has 0 spiro atoms. The van der Waals surface area contributed by atoms with Gasteiger partial charge >= 0.3 is 13.9 Å². The number of benzene rings is 2. The van der Waals surface area contributed by atoms with Crippen molar-refractivity contribution >= 4 is 13.9 Å². The maximum absolute atomic E-state index is 13.2. The fourth-order valence-corrected chi connectivity index (χ4v) is 4.07. The molecule has 1 N–H and O–H groups in total. The normalized spacial score (nSPS) is 17.2. The monoisotopic (exact) mass is 391 g/mol. The Morgan fingerprint density at radius 1 is 1.00 bits per heavy atom. The van der Waals surface area contributed by atoms with Crippen LogP contribution in [-0.2, 0) is 31.4 Å². The standard InChI is InChI=1S/C19H22NO6P/c21-19(22)20-12-11-18(13-20)26-27(23,24-14-16-7-3-1-4-8-16)25-15-17-9-5-2-6-10-17/h1-10,18H,11-15H2,(H,21,22)/t18-/m1/s1. The maximum Gasteiger partial charge on any atom is 0.475 e. The first-order valence-corrected chi connectivity index (χ1v) is 10.1. The highest BCUT2D eigenvalue weighted by Gasteiger charge is 2.36. The number of rotatable bonds is 8. The summed E-state index contributed by atoms with van der Waals surface area (Å²) >= 11 is 0. The Morgan fingerprint density at radius 3 is 1.96 bits per heavy atom. The summed E-state index contributed by atoms with van der Waals surface area (Å²) in [6, 6.07) is 18.6. The number of nitrogens with zero attached hydrogens (tertiary/aromatic N) is 1. The Labute approximate surface area is 158 Å². The van der Waals surface area contributed by atoms with Crippen LogP contribution in [0.25, 0.3) is 0 Å². The fraction of sp³-hybridized carbons (Fsp3) is 0.316. The van der Waals surface area contributed by atoms with Crippen LogP contribution in [0.4, 0.5) is 4.79 Å². The minimum Gasteiger partial charge on any atom is -0.465 e. The lowest BCUT2D eigenvalue weighted by atomic mass is 10.2. The molecule has 1 fully saturated rings. The van der Waals surface area contributed by atoms with E-state index in [1.54, 1.807) is 0 Å². The molecule has 0 radical (unpaired) electrons. The van der Waals surface area contributed by atoms with Gasteiger partial charge in [-0.3, -0.25) is 13.6 Å². The highest BCUT2D eigenvalue weighted by Crippen LogP contribution is 2.52. The van der Waals surface area contributed by atoms with Gasteiger partial charge in [0.1, 0.15) is 0 Å². The molecule has 0 bridgehead atoms. The number of carboxylic acid groups (broad SMARTS) is 1. The van der Waals surface area contributed by atoms with Crippen molar-refractivity contribution in [3.05, 3.63) is 71.8 Å². The van der Waals surface area contributed by atoms with Gasteiger partial charge in [0.15, 0.2) is 0 Å². The maximum atomic E-state index is 13.2. The van der Waals surface area contributed by atoms with E-state index < -0.39 is 20.0 Å². The van der Waals surface area contributed by atoms with E-state index in [1.165, 1.54) is 4.90 Å². The van der Waals surface area contributed by atoms with Gasteiger partial charge in [-0.1, -0.05) is 60.7 Å². The molecule has 1 aliphatic heterocycles. The van der Waals surface area contributed by atoms with Crippen LogP contribution in [0, 0.1) is 0 Å². The molecule has 1 heterocycles. The van der Waals surface area contributed by atoms with Crippen molar-refractivity contribution in [2.24, 2.45) is 0 Å². The Hall–Kier alpha value is -2.18. The smallest absolute Gasteiger partial charge is 0.465 e. The molecule has 1 aliphatic rings. The lowest BCUT2D eigenvalue weighted by Gasteiger charge is -2.21. The molecule has 2 aromatic carbocycles. The molecular weight excluding hydrogens is 369 g/mol. The topological polar surface area (TPSA) is 85.3 Å². The fourth-order valence-electron chi connectivity index (χ4n) is 2.72. The Balaban J connectivity index is 1.65. The SMILES string of the molecule is O=C(O)N1CC[C@@H](OP(=O)(OCc2ccccc2)OCc2ccccc2)C1. The first-order valence-electron chi connectivity index (χ1n) is 8.67. The summed E-state index contributed by atoms with van der Waals surface area (Å²) in [5, 5.41) is 9.07. The van der Waals surface area contributed by atoms with Gasteiger partial charge in [0.2, 0.25) is 0 Å². The Kier molecular flexibility index (Phi) is 6.63. The zero-order valence-electron chi connectivity index (χ0n) is 14.8. The van der Waals surface area contributed by atoms with Crippen LogP contribution in [-0.4, -0.2) is 35.3 Å². The van der Waals surface area contributed by atoms with Crippen LogP contribution in [0.15, 0.2) is 60.7 Å². The van der Waals surface area contributed by atoms with Crippen LogP contribution < -0.4 is 0 Å². The van der Waals surface area contributed by atoms with E-state index >= 15 is 0 Å². The molecule has 7 nitrogen and oxygen atoms in total. The van der Waals surface area contributed by atoms with Crippen LogP contribution in [0.3, 0.4) is 0 Å². The number of likely N-dealkylation sites (tertiary alicyclic amines) is 1. The molecule has 8 heteroatoms. The Bertz CT molecular complexity index is 738. The quantitative estimate of drug-likeness (QED) is 0.676. The minimum absolute atomic E-state index is 0.0717. The van der Waals surface area contributed by atoms with Gasteiger partial charge in [-0.2, -0.15) is 0 Å². The number of hydrogen-bond donors (Lipinski definition) is 1. The third kappa shape index (κ3) is 5.91. The van der Waals surface area contributed by atoms with Gasteiger partial charge in [-0.05, 0) is 17.5 Å². The highest BCUT2D eigenvalue weighted by atomic mass is 31.2. The van der Waals surface area contributed by atoms with Gasteiger partial charge in [0, 0.05) is 6.54 Å². The van der Waals surface area contributed by atoms with E-state index in [1.807, 2.05) is 60.7 Å². The zero-order chi connectivity index (χ0) is 19.1. The van der Waals surface area contributed by atoms with Gasteiger partial charge < -0.3 is 10.0 Å². The van der Waals surface area contributed by atoms with Crippen LogP contribution in [0.1, 0.15) is 17.5 Å². The van der Waals surface area contributed by atoms with E-state index in [0.29, 0.717) is 13.0 Å².